The minimum absolute atomic E-state index is 0.0357. The molecule has 0 fully saturated rings. The minimum atomic E-state index is -3.97. The molecule has 0 aliphatic rings. The van der Waals surface area contributed by atoms with Gasteiger partial charge in [-0.05, 0) is 18.6 Å². The summed E-state index contributed by atoms with van der Waals surface area (Å²) in [5, 5.41) is 5.20. The van der Waals surface area contributed by atoms with Crippen LogP contribution < -0.4 is 5.14 Å². The monoisotopic (exact) mass is 314 g/mol. The number of ether oxygens (including phenoxy) is 1. The van der Waals surface area contributed by atoms with Crippen LogP contribution in [0.15, 0.2) is 29.3 Å². The topological polar surface area (TPSA) is 74.3 Å². The molecule has 0 spiro atoms. The average molecular weight is 314 g/mol. The number of primary sulfonamides is 1. The fourth-order valence-electron chi connectivity index (χ4n) is 2.18. The number of sulfonamides is 1. The second-order valence-electron chi connectivity index (χ2n) is 4.83. The first-order valence-corrected chi connectivity index (χ1v) is 8.37. The van der Waals surface area contributed by atoms with Crippen molar-refractivity contribution in [3.63, 3.8) is 0 Å². The first-order valence-electron chi connectivity index (χ1n) is 6.83. The number of rotatable bonds is 7. The van der Waals surface area contributed by atoms with Crippen LogP contribution in [0.1, 0.15) is 19.8 Å². The van der Waals surface area contributed by atoms with Crippen LogP contribution in [-0.4, -0.2) is 26.2 Å². The predicted molar refractivity (Wildman–Crippen MR) is 79.0 cm³/mol. The molecule has 1 heterocycles. The Kier molecular flexibility index (Phi) is 4.97. The van der Waals surface area contributed by atoms with Crippen molar-refractivity contribution in [3.8, 4) is 0 Å². The van der Waals surface area contributed by atoms with E-state index < -0.39 is 15.8 Å². The summed E-state index contributed by atoms with van der Waals surface area (Å²) in [6.07, 6.45) is 3.39. The lowest BCUT2D eigenvalue weighted by molar-refractivity contribution is 0.124. The van der Waals surface area contributed by atoms with Crippen LogP contribution in [0.4, 0.5) is 4.39 Å². The molecule has 0 unspecified atom stereocenters. The number of nitrogens with two attached hydrogens (primary N) is 1. The molecule has 0 atom stereocenters. The van der Waals surface area contributed by atoms with Crippen LogP contribution in [-0.2, 0) is 21.3 Å². The number of nitrogens with zero attached hydrogens (tertiary/aromatic N) is 1. The van der Waals surface area contributed by atoms with Gasteiger partial charge in [-0.3, -0.25) is 0 Å². The van der Waals surface area contributed by atoms with Crippen LogP contribution in [0.25, 0.3) is 10.9 Å². The summed E-state index contributed by atoms with van der Waals surface area (Å²) in [5.74, 6) is -0.595. The summed E-state index contributed by atoms with van der Waals surface area (Å²) < 4.78 is 44.2. The van der Waals surface area contributed by atoms with Gasteiger partial charge < -0.3 is 9.30 Å². The molecule has 0 amide bonds. The van der Waals surface area contributed by atoms with Gasteiger partial charge in [-0.25, -0.2) is 17.9 Å². The number of halogens is 1. The molecule has 0 saturated carbocycles. The molecular weight excluding hydrogens is 295 g/mol. The number of hydrogen-bond donors (Lipinski definition) is 1. The van der Waals surface area contributed by atoms with Crippen LogP contribution in [0.3, 0.4) is 0 Å². The van der Waals surface area contributed by atoms with Gasteiger partial charge in [0.05, 0.1) is 17.5 Å². The normalized spacial score (nSPS) is 12.1. The molecule has 0 bridgehead atoms. The Morgan fingerprint density at radius 1 is 1.33 bits per heavy atom. The zero-order valence-electron chi connectivity index (χ0n) is 11.9. The Hall–Kier alpha value is -1.44. The van der Waals surface area contributed by atoms with Gasteiger partial charge in [-0.1, -0.05) is 19.4 Å². The van der Waals surface area contributed by atoms with Gasteiger partial charge in [0.2, 0.25) is 10.0 Å². The van der Waals surface area contributed by atoms with Crippen molar-refractivity contribution in [3.05, 3.63) is 30.2 Å². The van der Waals surface area contributed by atoms with Gasteiger partial charge in [-0.15, -0.1) is 0 Å². The number of benzene rings is 1. The highest BCUT2D eigenvalue weighted by Crippen LogP contribution is 2.27. The maximum absolute atomic E-state index is 13.9. The highest BCUT2D eigenvalue weighted by Gasteiger charge is 2.20. The second-order valence-corrected chi connectivity index (χ2v) is 6.36. The third-order valence-electron chi connectivity index (χ3n) is 3.25. The largest absolute Gasteiger partial charge is 0.380 e. The minimum Gasteiger partial charge on any atom is -0.380 e. The summed E-state index contributed by atoms with van der Waals surface area (Å²) in [4.78, 5) is -0.191. The fourth-order valence-corrected chi connectivity index (χ4v) is 2.94. The standard InChI is InChI=1S/C14H19FN2O3S/c1-2-3-8-20-9-7-17-10-13(21(16,18)19)14-11(15)5-4-6-12(14)17/h4-6,10H,2-3,7-9H2,1H3,(H2,16,18,19). The second kappa shape index (κ2) is 6.55. The molecule has 0 aliphatic heterocycles. The lowest BCUT2D eigenvalue weighted by atomic mass is 10.2. The van der Waals surface area contributed by atoms with Gasteiger partial charge >= 0.3 is 0 Å². The molecule has 0 aliphatic carbocycles. The van der Waals surface area contributed by atoms with Crippen molar-refractivity contribution >= 4 is 20.9 Å². The van der Waals surface area contributed by atoms with Crippen molar-refractivity contribution in [1.82, 2.24) is 4.57 Å². The summed E-state index contributed by atoms with van der Waals surface area (Å²) in [5.41, 5.74) is 0.498. The quantitative estimate of drug-likeness (QED) is 0.797. The first-order chi connectivity index (χ1) is 9.95. The third kappa shape index (κ3) is 3.61. The first kappa shape index (κ1) is 15.9. The summed E-state index contributed by atoms with van der Waals surface area (Å²) in [7, 11) is -3.97. The molecular formula is C14H19FN2O3S. The van der Waals surface area contributed by atoms with E-state index in [1.807, 2.05) is 0 Å². The fraction of sp³-hybridized carbons (Fsp3) is 0.429. The van der Waals surface area contributed by atoms with Crippen LogP contribution in [0.2, 0.25) is 0 Å². The summed E-state index contributed by atoms with van der Waals surface area (Å²) in [6.45, 7) is 3.61. The van der Waals surface area contributed by atoms with Crippen LogP contribution in [0.5, 0.6) is 0 Å². The Morgan fingerprint density at radius 2 is 2.10 bits per heavy atom. The Labute approximate surface area is 123 Å². The zero-order chi connectivity index (χ0) is 15.5. The molecule has 0 radical (unpaired) electrons. The van der Waals surface area contributed by atoms with E-state index in [0.29, 0.717) is 25.3 Å². The Morgan fingerprint density at radius 3 is 2.76 bits per heavy atom. The van der Waals surface area contributed by atoms with Gasteiger partial charge in [0, 0.05) is 19.3 Å². The molecule has 2 rings (SSSR count). The van der Waals surface area contributed by atoms with Crippen LogP contribution >= 0.6 is 0 Å². The third-order valence-corrected chi connectivity index (χ3v) is 4.17. The van der Waals surface area contributed by atoms with Gasteiger partial charge in [0.25, 0.3) is 0 Å². The van der Waals surface area contributed by atoms with E-state index in [4.69, 9.17) is 9.88 Å². The molecule has 1 aromatic heterocycles. The van der Waals surface area contributed by atoms with Crippen molar-refractivity contribution in [2.45, 2.75) is 31.2 Å². The maximum atomic E-state index is 13.9. The number of fused-ring (bicyclic) bond motifs is 1. The van der Waals surface area contributed by atoms with Gasteiger partial charge in [-0.2, -0.15) is 0 Å². The summed E-state index contributed by atoms with van der Waals surface area (Å²) >= 11 is 0. The average Bonchev–Trinajstić information content (AvgIpc) is 2.79. The van der Waals surface area contributed by atoms with E-state index in [9.17, 15) is 12.8 Å². The smallest absolute Gasteiger partial charge is 0.240 e. The highest BCUT2D eigenvalue weighted by atomic mass is 32.2. The van der Waals surface area contributed by atoms with Gasteiger partial charge in [0.1, 0.15) is 10.7 Å². The van der Waals surface area contributed by atoms with E-state index in [1.165, 1.54) is 12.3 Å². The zero-order valence-corrected chi connectivity index (χ0v) is 12.7. The predicted octanol–water partition coefficient (Wildman–Crippen LogP) is 2.24. The molecule has 2 aromatic rings. The molecule has 2 N–H and O–H groups in total. The molecule has 0 saturated heterocycles. The lowest BCUT2D eigenvalue weighted by Gasteiger charge is -2.06. The number of hydrogen-bond acceptors (Lipinski definition) is 3. The summed E-state index contributed by atoms with van der Waals surface area (Å²) in [6, 6.07) is 4.43. The maximum Gasteiger partial charge on any atom is 0.240 e. The van der Waals surface area contributed by atoms with Crippen LogP contribution in [0, 0.1) is 5.82 Å². The van der Waals surface area contributed by atoms with Gasteiger partial charge in [0.15, 0.2) is 0 Å². The van der Waals surface area contributed by atoms with Crippen molar-refractivity contribution in [2.24, 2.45) is 5.14 Å². The lowest BCUT2D eigenvalue weighted by Crippen LogP contribution is -2.12. The SMILES string of the molecule is CCCCOCCn1cc(S(N)(=O)=O)c2c(F)cccc21. The molecule has 7 heteroatoms. The Bertz CT molecular complexity index is 725. The Balaban J connectivity index is 2.31. The van der Waals surface area contributed by atoms with Crippen molar-refractivity contribution < 1.29 is 17.5 Å². The van der Waals surface area contributed by atoms with E-state index in [-0.39, 0.29) is 10.3 Å². The molecule has 21 heavy (non-hydrogen) atoms. The highest BCUT2D eigenvalue weighted by molar-refractivity contribution is 7.89. The number of aromatic nitrogens is 1. The number of unbranched alkanes of at least 4 members (excludes halogenated alkanes) is 1. The van der Waals surface area contributed by atoms with E-state index in [1.54, 1.807) is 16.7 Å². The van der Waals surface area contributed by atoms with Crippen molar-refractivity contribution in [1.29, 1.82) is 0 Å². The van der Waals surface area contributed by atoms with Crippen molar-refractivity contribution in [2.75, 3.05) is 13.2 Å². The molecule has 116 valence electrons. The molecule has 5 nitrogen and oxygen atoms in total. The molecule has 1 aromatic carbocycles. The van der Waals surface area contributed by atoms with E-state index >= 15 is 0 Å². The van der Waals surface area contributed by atoms with E-state index in [2.05, 4.69) is 6.92 Å². The van der Waals surface area contributed by atoms with E-state index in [0.717, 1.165) is 12.8 Å².